The van der Waals surface area contributed by atoms with Crippen molar-refractivity contribution in [3.8, 4) is 0 Å². The first-order chi connectivity index (χ1) is 8.65. The Kier molecular flexibility index (Phi) is 6.81. The van der Waals surface area contributed by atoms with Gasteiger partial charge in [-0.1, -0.05) is 32.0 Å². The first-order valence-corrected chi connectivity index (χ1v) is 7.11. The molecule has 1 aromatic carbocycles. The van der Waals surface area contributed by atoms with E-state index in [1.807, 2.05) is 0 Å². The van der Waals surface area contributed by atoms with Crippen LogP contribution in [0.25, 0.3) is 0 Å². The summed E-state index contributed by atoms with van der Waals surface area (Å²) < 4.78 is 0. The minimum Gasteiger partial charge on any atom is -0.375 e. The van der Waals surface area contributed by atoms with Crippen LogP contribution in [0.15, 0.2) is 30.3 Å². The first-order valence-electron chi connectivity index (χ1n) is 7.11. The van der Waals surface area contributed by atoms with Crippen molar-refractivity contribution in [2.24, 2.45) is 17.6 Å². The van der Waals surface area contributed by atoms with Gasteiger partial charge in [-0.3, -0.25) is 0 Å². The molecule has 102 valence electrons. The Bertz CT molecular complexity index is 308. The Hall–Kier alpha value is -1.02. The van der Waals surface area contributed by atoms with Crippen LogP contribution >= 0.6 is 0 Å². The molecule has 2 N–H and O–H groups in total. The number of anilines is 1. The van der Waals surface area contributed by atoms with E-state index in [-0.39, 0.29) is 0 Å². The van der Waals surface area contributed by atoms with Crippen LogP contribution in [0.2, 0.25) is 0 Å². The average molecular weight is 248 g/mol. The fourth-order valence-electron chi connectivity index (χ4n) is 2.43. The summed E-state index contributed by atoms with van der Waals surface area (Å²) in [7, 11) is 2.17. The number of hydrogen-bond acceptors (Lipinski definition) is 2. The molecule has 1 rings (SSSR count). The highest BCUT2D eigenvalue weighted by Gasteiger charge is 2.12. The van der Waals surface area contributed by atoms with Gasteiger partial charge in [0.15, 0.2) is 0 Å². The Morgan fingerprint density at radius 1 is 1.11 bits per heavy atom. The fraction of sp³-hybridized carbons (Fsp3) is 0.625. The van der Waals surface area contributed by atoms with Crippen molar-refractivity contribution in [1.29, 1.82) is 0 Å². The third kappa shape index (κ3) is 5.09. The molecule has 0 radical (unpaired) electrons. The van der Waals surface area contributed by atoms with Gasteiger partial charge in [-0.05, 0) is 49.8 Å². The van der Waals surface area contributed by atoms with Gasteiger partial charge < -0.3 is 10.6 Å². The number of nitrogens with zero attached hydrogens (tertiary/aromatic N) is 1. The molecule has 0 heterocycles. The molecule has 0 amide bonds. The summed E-state index contributed by atoms with van der Waals surface area (Å²) in [5.74, 6) is 1.52. The Balaban J connectivity index is 2.32. The zero-order chi connectivity index (χ0) is 13.4. The first kappa shape index (κ1) is 15.0. The molecule has 0 aliphatic carbocycles. The maximum absolute atomic E-state index is 5.68. The van der Waals surface area contributed by atoms with Gasteiger partial charge in [0.05, 0.1) is 0 Å². The molecule has 2 heteroatoms. The van der Waals surface area contributed by atoms with E-state index in [1.165, 1.54) is 18.5 Å². The highest BCUT2D eigenvalue weighted by Crippen LogP contribution is 2.21. The molecule has 0 saturated heterocycles. The number of hydrogen-bond donors (Lipinski definition) is 1. The molecule has 1 aromatic rings. The predicted octanol–water partition coefficient (Wildman–Crippen LogP) is 3.52. The number of rotatable bonds is 8. The molecule has 18 heavy (non-hydrogen) atoms. The van der Waals surface area contributed by atoms with E-state index in [4.69, 9.17) is 5.73 Å². The zero-order valence-electron chi connectivity index (χ0n) is 12.1. The average Bonchev–Trinajstić information content (AvgIpc) is 2.38. The van der Waals surface area contributed by atoms with E-state index in [1.54, 1.807) is 0 Å². The Labute approximate surface area is 112 Å². The van der Waals surface area contributed by atoms with Crippen LogP contribution in [0, 0.1) is 11.8 Å². The summed E-state index contributed by atoms with van der Waals surface area (Å²) in [5, 5.41) is 0. The molecular weight excluding hydrogens is 220 g/mol. The van der Waals surface area contributed by atoms with E-state index in [0.29, 0.717) is 0 Å². The van der Waals surface area contributed by atoms with Crippen LogP contribution in [0.4, 0.5) is 5.69 Å². The van der Waals surface area contributed by atoms with Crippen molar-refractivity contribution in [3.05, 3.63) is 30.3 Å². The van der Waals surface area contributed by atoms with Crippen LogP contribution in [-0.2, 0) is 0 Å². The topological polar surface area (TPSA) is 29.3 Å². The van der Waals surface area contributed by atoms with E-state index >= 15 is 0 Å². The molecule has 0 saturated carbocycles. The normalized spacial score (nSPS) is 12.7. The molecule has 1 atom stereocenters. The fourth-order valence-corrected chi connectivity index (χ4v) is 2.43. The van der Waals surface area contributed by atoms with Crippen molar-refractivity contribution in [2.45, 2.75) is 33.1 Å². The van der Waals surface area contributed by atoms with Crippen LogP contribution < -0.4 is 10.6 Å². The molecule has 0 fully saturated rings. The monoisotopic (exact) mass is 248 g/mol. The van der Waals surface area contributed by atoms with Gasteiger partial charge in [0.1, 0.15) is 0 Å². The number of para-hydroxylation sites is 1. The van der Waals surface area contributed by atoms with Gasteiger partial charge in [0, 0.05) is 19.3 Å². The number of nitrogens with two attached hydrogens (primary N) is 1. The summed E-state index contributed by atoms with van der Waals surface area (Å²) in [6.45, 7) is 6.55. The molecule has 0 aliphatic rings. The second kappa shape index (κ2) is 8.15. The van der Waals surface area contributed by atoms with Gasteiger partial charge in [0.2, 0.25) is 0 Å². The summed E-state index contributed by atoms with van der Waals surface area (Å²) in [6, 6.07) is 10.6. The lowest BCUT2D eigenvalue weighted by Gasteiger charge is -2.23. The van der Waals surface area contributed by atoms with Crippen molar-refractivity contribution in [1.82, 2.24) is 0 Å². The predicted molar refractivity (Wildman–Crippen MR) is 80.9 cm³/mol. The van der Waals surface area contributed by atoms with Crippen LogP contribution in [0.3, 0.4) is 0 Å². The van der Waals surface area contributed by atoms with Gasteiger partial charge >= 0.3 is 0 Å². The van der Waals surface area contributed by atoms with E-state index < -0.39 is 0 Å². The highest BCUT2D eigenvalue weighted by molar-refractivity contribution is 5.44. The molecule has 0 bridgehead atoms. The molecule has 1 unspecified atom stereocenters. The van der Waals surface area contributed by atoms with Crippen LogP contribution in [0.5, 0.6) is 0 Å². The van der Waals surface area contributed by atoms with E-state index in [9.17, 15) is 0 Å². The second-order valence-electron chi connectivity index (χ2n) is 5.48. The molecule has 0 aliphatic heterocycles. The standard InChI is InChI=1S/C16H28N2/c1-14(2)15(11-12-17)8-7-13-18(3)16-9-5-4-6-10-16/h4-6,9-10,14-15H,7-8,11-13,17H2,1-3H3. The van der Waals surface area contributed by atoms with Crippen molar-refractivity contribution >= 4 is 5.69 Å². The van der Waals surface area contributed by atoms with Crippen molar-refractivity contribution < 1.29 is 0 Å². The Morgan fingerprint density at radius 3 is 2.33 bits per heavy atom. The highest BCUT2D eigenvalue weighted by atomic mass is 15.1. The minimum atomic E-state index is 0.746. The quantitative estimate of drug-likeness (QED) is 0.762. The van der Waals surface area contributed by atoms with Crippen molar-refractivity contribution in [2.75, 3.05) is 25.0 Å². The van der Waals surface area contributed by atoms with Crippen LogP contribution in [0.1, 0.15) is 33.1 Å². The van der Waals surface area contributed by atoms with Gasteiger partial charge in [-0.2, -0.15) is 0 Å². The maximum Gasteiger partial charge on any atom is 0.0363 e. The zero-order valence-corrected chi connectivity index (χ0v) is 12.1. The third-order valence-corrected chi connectivity index (χ3v) is 3.75. The lowest BCUT2D eigenvalue weighted by atomic mass is 9.88. The maximum atomic E-state index is 5.68. The third-order valence-electron chi connectivity index (χ3n) is 3.75. The Morgan fingerprint density at radius 2 is 1.78 bits per heavy atom. The second-order valence-corrected chi connectivity index (χ2v) is 5.48. The largest absolute Gasteiger partial charge is 0.375 e. The van der Waals surface area contributed by atoms with Crippen molar-refractivity contribution in [3.63, 3.8) is 0 Å². The lowest BCUT2D eigenvalue weighted by Crippen LogP contribution is -2.21. The van der Waals surface area contributed by atoms with Gasteiger partial charge in [0.25, 0.3) is 0 Å². The smallest absolute Gasteiger partial charge is 0.0363 e. The van der Waals surface area contributed by atoms with E-state index in [2.05, 4.69) is 56.1 Å². The molecule has 0 aromatic heterocycles. The summed E-state index contributed by atoms with van der Waals surface area (Å²) >= 11 is 0. The minimum absolute atomic E-state index is 0.746. The van der Waals surface area contributed by atoms with Gasteiger partial charge in [-0.15, -0.1) is 0 Å². The van der Waals surface area contributed by atoms with Crippen LogP contribution in [-0.4, -0.2) is 20.1 Å². The van der Waals surface area contributed by atoms with Gasteiger partial charge in [-0.25, -0.2) is 0 Å². The lowest BCUT2D eigenvalue weighted by molar-refractivity contribution is 0.334. The SMILES string of the molecule is CC(C)C(CCN)CCCN(C)c1ccccc1. The summed E-state index contributed by atoms with van der Waals surface area (Å²) in [4.78, 5) is 2.33. The molecule has 2 nitrogen and oxygen atoms in total. The summed E-state index contributed by atoms with van der Waals surface area (Å²) in [6.07, 6.45) is 3.69. The molecule has 0 spiro atoms. The van der Waals surface area contributed by atoms with E-state index in [0.717, 1.165) is 31.3 Å². The molecular formula is C16H28N2. The number of benzene rings is 1. The summed E-state index contributed by atoms with van der Waals surface area (Å²) in [5.41, 5.74) is 6.98.